The number of para-hydroxylation sites is 1. The topological polar surface area (TPSA) is 82.2 Å². The first-order valence-electron chi connectivity index (χ1n) is 7.37. The van der Waals surface area contributed by atoms with Crippen molar-refractivity contribution in [3.05, 3.63) is 48.2 Å². The SMILES string of the molecule is COCCc1noc(CNC(=O)Cn2ccc3ccccc32)n1. The lowest BCUT2D eigenvalue weighted by molar-refractivity contribution is -0.121. The van der Waals surface area contributed by atoms with E-state index in [0.717, 1.165) is 10.9 Å². The van der Waals surface area contributed by atoms with Crippen molar-refractivity contribution in [3.63, 3.8) is 0 Å². The van der Waals surface area contributed by atoms with Crippen molar-refractivity contribution in [2.24, 2.45) is 0 Å². The van der Waals surface area contributed by atoms with Crippen LogP contribution >= 0.6 is 0 Å². The standard InChI is InChI=1S/C16H18N4O3/c1-22-9-7-14-18-16(23-19-14)10-17-15(21)11-20-8-6-12-4-2-3-5-13(12)20/h2-6,8H,7,9-11H2,1H3,(H,17,21). The Balaban J connectivity index is 1.54. The molecule has 0 fully saturated rings. The smallest absolute Gasteiger partial charge is 0.246 e. The molecule has 3 rings (SSSR count). The largest absolute Gasteiger partial charge is 0.384 e. The number of nitrogens with one attached hydrogen (secondary N) is 1. The minimum Gasteiger partial charge on any atom is -0.384 e. The van der Waals surface area contributed by atoms with E-state index in [9.17, 15) is 4.79 Å². The minimum atomic E-state index is -0.108. The Morgan fingerprint density at radius 2 is 2.22 bits per heavy atom. The zero-order valence-electron chi connectivity index (χ0n) is 12.9. The van der Waals surface area contributed by atoms with Gasteiger partial charge < -0.3 is 19.1 Å². The van der Waals surface area contributed by atoms with Crippen LogP contribution in [0.2, 0.25) is 0 Å². The van der Waals surface area contributed by atoms with E-state index in [4.69, 9.17) is 9.26 Å². The van der Waals surface area contributed by atoms with Gasteiger partial charge in [0.05, 0.1) is 13.2 Å². The molecule has 23 heavy (non-hydrogen) atoms. The lowest BCUT2D eigenvalue weighted by Crippen LogP contribution is -2.27. The van der Waals surface area contributed by atoms with Crippen LogP contribution in [0.15, 0.2) is 41.1 Å². The summed E-state index contributed by atoms with van der Waals surface area (Å²) in [6.45, 7) is 1.00. The van der Waals surface area contributed by atoms with Crippen molar-refractivity contribution in [1.29, 1.82) is 0 Å². The van der Waals surface area contributed by atoms with Gasteiger partial charge in [-0.05, 0) is 17.5 Å². The highest BCUT2D eigenvalue weighted by atomic mass is 16.5. The van der Waals surface area contributed by atoms with E-state index >= 15 is 0 Å². The summed E-state index contributed by atoms with van der Waals surface area (Å²) >= 11 is 0. The van der Waals surface area contributed by atoms with Crippen molar-refractivity contribution in [2.45, 2.75) is 19.5 Å². The molecule has 0 aliphatic heterocycles. The molecule has 7 nitrogen and oxygen atoms in total. The quantitative estimate of drug-likeness (QED) is 0.715. The number of ether oxygens (including phenoxy) is 1. The lowest BCUT2D eigenvalue weighted by atomic mass is 10.2. The first-order valence-corrected chi connectivity index (χ1v) is 7.37. The molecule has 1 N–H and O–H groups in total. The van der Waals surface area contributed by atoms with E-state index in [1.54, 1.807) is 7.11 Å². The summed E-state index contributed by atoms with van der Waals surface area (Å²) in [5.41, 5.74) is 1.03. The Kier molecular flexibility index (Phi) is 4.68. The summed E-state index contributed by atoms with van der Waals surface area (Å²) in [4.78, 5) is 16.3. The van der Waals surface area contributed by atoms with Crippen molar-refractivity contribution in [3.8, 4) is 0 Å². The number of carbonyl (C=O) groups is 1. The van der Waals surface area contributed by atoms with Crippen LogP contribution in [-0.4, -0.2) is 34.3 Å². The van der Waals surface area contributed by atoms with E-state index in [1.807, 2.05) is 41.1 Å². The van der Waals surface area contributed by atoms with Gasteiger partial charge in [-0.15, -0.1) is 0 Å². The molecule has 0 saturated heterocycles. The third-order valence-electron chi connectivity index (χ3n) is 3.47. The molecule has 0 aliphatic rings. The number of rotatable bonds is 7. The predicted molar refractivity (Wildman–Crippen MR) is 83.7 cm³/mol. The summed E-state index contributed by atoms with van der Waals surface area (Å²) in [5.74, 6) is 0.859. The normalized spacial score (nSPS) is 11.0. The molecule has 0 spiro atoms. The zero-order chi connectivity index (χ0) is 16.1. The van der Waals surface area contributed by atoms with Gasteiger partial charge in [-0.1, -0.05) is 23.4 Å². The van der Waals surface area contributed by atoms with Gasteiger partial charge in [0.15, 0.2) is 5.82 Å². The van der Waals surface area contributed by atoms with Gasteiger partial charge in [-0.2, -0.15) is 4.98 Å². The number of hydrogen-bond acceptors (Lipinski definition) is 5. The van der Waals surface area contributed by atoms with Crippen LogP contribution < -0.4 is 5.32 Å². The molecule has 0 saturated carbocycles. The Labute approximate surface area is 133 Å². The van der Waals surface area contributed by atoms with E-state index in [-0.39, 0.29) is 19.0 Å². The van der Waals surface area contributed by atoms with Crippen LogP contribution in [0.25, 0.3) is 10.9 Å². The van der Waals surface area contributed by atoms with Crippen LogP contribution in [0, 0.1) is 0 Å². The molecule has 7 heteroatoms. The highest BCUT2D eigenvalue weighted by Crippen LogP contribution is 2.14. The van der Waals surface area contributed by atoms with Crippen molar-refractivity contribution < 1.29 is 14.1 Å². The molecule has 1 amide bonds. The summed E-state index contributed by atoms with van der Waals surface area (Å²) in [5, 5.41) is 7.72. The molecule has 2 aromatic heterocycles. The predicted octanol–water partition coefficient (Wildman–Crippen LogP) is 1.53. The fraction of sp³-hybridized carbons (Fsp3) is 0.312. The molecule has 2 heterocycles. The molecule has 0 radical (unpaired) electrons. The van der Waals surface area contributed by atoms with E-state index in [2.05, 4.69) is 15.5 Å². The summed E-state index contributed by atoms with van der Waals surface area (Å²) in [6, 6.07) is 9.93. The fourth-order valence-corrected chi connectivity index (χ4v) is 2.32. The molecule has 0 aliphatic carbocycles. The molecular weight excluding hydrogens is 296 g/mol. The van der Waals surface area contributed by atoms with Crippen molar-refractivity contribution >= 4 is 16.8 Å². The van der Waals surface area contributed by atoms with Gasteiger partial charge >= 0.3 is 0 Å². The van der Waals surface area contributed by atoms with Gasteiger partial charge in [-0.25, -0.2) is 0 Å². The Bertz CT molecular complexity index is 793. The van der Waals surface area contributed by atoms with Gasteiger partial charge in [-0.3, -0.25) is 4.79 Å². The number of hydrogen-bond donors (Lipinski definition) is 1. The van der Waals surface area contributed by atoms with Gasteiger partial charge in [0.2, 0.25) is 11.8 Å². The van der Waals surface area contributed by atoms with E-state index in [1.165, 1.54) is 0 Å². The Morgan fingerprint density at radius 1 is 1.35 bits per heavy atom. The highest BCUT2D eigenvalue weighted by molar-refractivity contribution is 5.83. The van der Waals surface area contributed by atoms with Crippen LogP contribution in [0.1, 0.15) is 11.7 Å². The third-order valence-corrected chi connectivity index (χ3v) is 3.47. The maximum Gasteiger partial charge on any atom is 0.246 e. The summed E-state index contributed by atoms with van der Waals surface area (Å²) in [7, 11) is 1.62. The highest BCUT2D eigenvalue weighted by Gasteiger charge is 2.09. The van der Waals surface area contributed by atoms with Crippen molar-refractivity contribution in [2.75, 3.05) is 13.7 Å². The fourth-order valence-electron chi connectivity index (χ4n) is 2.32. The first-order chi connectivity index (χ1) is 11.3. The molecule has 3 aromatic rings. The second-order valence-corrected chi connectivity index (χ2v) is 5.13. The summed E-state index contributed by atoms with van der Waals surface area (Å²) in [6.07, 6.45) is 2.49. The number of benzene rings is 1. The number of aromatic nitrogens is 3. The monoisotopic (exact) mass is 314 g/mol. The van der Waals surface area contributed by atoms with Gasteiger partial charge in [0.1, 0.15) is 6.54 Å². The number of amides is 1. The maximum atomic E-state index is 12.1. The molecule has 0 atom stereocenters. The summed E-state index contributed by atoms with van der Waals surface area (Å²) < 4.78 is 11.9. The van der Waals surface area contributed by atoms with Gasteiger partial charge in [0.25, 0.3) is 0 Å². The molecule has 1 aromatic carbocycles. The maximum absolute atomic E-state index is 12.1. The first kappa shape index (κ1) is 15.2. The van der Waals surface area contributed by atoms with Crippen LogP contribution in [0.5, 0.6) is 0 Å². The van der Waals surface area contributed by atoms with Crippen LogP contribution in [0.4, 0.5) is 0 Å². The van der Waals surface area contributed by atoms with E-state index < -0.39 is 0 Å². The number of fused-ring (bicyclic) bond motifs is 1. The number of nitrogens with zero attached hydrogens (tertiary/aromatic N) is 3. The van der Waals surface area contributed by atoms with Crippen molar-refractivity contribution in [1.82, 2.24) is 20.0 Å². The minimum absolute atomic E-state index is 0.108. The third kappa shape index (κ3) is 3.75. The zero-order valence-corrected chi connectivity index (χ0v) is 12.9. The second-order valence-electron chi connectivity index (χ2n) is 5.13. The Morgan fingerprint density at radius 3 is 3.09 bits per heavy atom. The molecular formula is C16H18N4O3. The second kappa shape index (κ2) is 7.06. The van der Waals surface area contributed by atoms with Gasteiger partial charge in [0, 0.05) is 25.2 Å². The molecule has 0 bridgehead atoms. The number of carbonyl (C=O) groups excluding carboxylic acids is 1. The number of methoxy groups -OCH3 is 1. The average Bonchev–Trinajstić information content (AvgIpc) is 3.18. The van der Waals surface area contributed by atoms with Crippen LogP contribution in [-0.2, 0) is 29.0 Å². The lowest BCUT2D eigenvalue weighted by Gasteiger charge is -2.05. The Hall–Kier alpha value is -2.67. The van der Waals surface area contributed by atoms with E-state index in [0.29, 0.717) is 24.7 Å². The molecule has 120 valence electrons. The van der Waals surface area contributed by atoms with Crippen LogP contribution in [0.3, 0.4) is 0 Å². The average molecular weight is 314 g/mol. The molecule has 0 unspecified atom stereocenters.